The molecule has 0 spiro atoms. The first-order chi connectivity index (χ1) is 15.6. The van der Waals surface area contributed by atoms with Crippen LogP contribution >= 0.6 is 11.6 Å². The van der Waals surface area contributed by atoms with E-state index in [4.69, 9.17) is 21.1 Å². The van der Waals surface area contributed by atoms with Crippen LogP contribution < -0.4 is 19.1 Å². The highest BCUT2D eigenvalue weighted by atomic mass is 35.5. The summed E-state index contributed by atoms with van der Waals surface area (Å²) >= 11 is 5.90. The highest BCUT2D eigenvalue weighted by Crippen LogP contribution is 2.32. The molecule has 1 N–H and O–H groups in total. The van der Waals surface area contributed by atoms with Gasteiger partial charge in [-0.15, -0.1) is 0 Å². The monoisotopic (exact) mass is 488 g/mol. The average molecular weight is 489 g/mol. The molecule has 1 amide bonds. The van der Waals surface area contributed by atoms with Crippen LogP contribution in [0.25, 0.3) is 0 Å². The van der Waals surface area contributed by atoms with Crippen LogP contribution in [0.4, 0.5) is 11.4 Å². The van der Waals surface area contributed by atoms with E-state index in [0.717, 1.165) is 15.4 Å². The molecule has 0 atom stereocenters. The zero-order chi connectivity index (χ0) is 24.2. The van der Waals surface area contributed by atoms with E-state index in [-0.39, 0.29) is 10.6 Å². The van der Waals surface area contributed by atoms with E-state index in [9.17, 15) is 13.2 Å². The van der Waals surface area contributed by atoms with Crippen molar-refractivity contribution in [2.24, 2.45) is 0 Å². The number of anilines is 2. The van der Waals surface area contributed by atoms with E-state index >= 15 is 0 Å². The largest absolute Gasteiger partial charge is 0.493 e. The third-order valence-corrected chi connectivity index (χ3v) is 6.87. The Bertz CT molecular complexity index is 1240. The molecule has 0 aliphatic heterocycles. The first kappa shape index (κ1) is 24.4. The number of sulfonamides is 1. The molecule has 33 heavy (non-hydrogen) atoms. The van der Waals surface area contributed by atoms with Crippen LogP contribution in [0.5, 0.6) is 11.5 Å². The molecule has 0 aliphatic rings. The Morgan fingerprint density at radius 3 is 2.09 bits per heavy atom. The Balaban J connectivity index is 2.02. The topological polar surface area (TPSA) is 84.9 Å². The Labute approximate surface area is 198 Å². The van der Waals surface area contributed by atoms with Gasteiger partial charge in [0.1, 0.15) is 6.54 Å². The second-order valence-corrected chi connectivity index (χ2v) is 9.73. The lowest BCUT2D eigenvalue weighted by molar-refractivity contribution is -0.114. The number of rotatable bonds is 8. The van der Waals surface area contributed by atoms with Crippen LogP contribution in [0.15, 0.2) is 65.6 Å². The van der Waals surface area contributed by atoms with Crippen LogP contribution in [0.3, 0.4) is 0 Å². The van der Waals surface area contributed by atoms with Crippen molar-refractivity contribution in [2.75, 3.05) is 30.4 Å². The minimum atomic E-state index is -4.12. The summed E-state index contributed by atoms with van der Waals surface area (Å²) in [7, 11) is -1.23. The van der Waals surface area contributed by atoms with Gasteiger partial charge in [-0.3, -0.25) is 9.10 Å². The van der Waals surface area contributed by atoms with Crippen molar-refractivity contribution < 1.29 is 22.7 Å². The predicted octanol–water partition coefficient (Wildman–Crippen LogP) is 4.81. The first-order valence-electron chi connectivity index (χ1n) is 10.0. The van der Waals surface area contributed by atoms with Crippen molar-refractivity contribution in [2.45, 2.75) is 18.7 Å². The first-order valence-corrected chi connectivity index (χ1v) is 11.8. The zero-order valence-electron chi connectivity index (χ0n) is 18.8. The number of hydrogen-bond acceptors (Lipinski definition) is 5. The molecule has 3 rings (SSSR count). The normalized spacial score (nSPS) is 11.1. The van der Waals surface area contributed by atoms with Gasteiger partial charge in [0, 0.05) is 16.8 Å². The summed E-state index contributed by atoms with van der Waals surface area (Å²) in [5.74, 6) is 0.167. The standard InChI is InChI=1S/C24H25ClN2O5S/c1-16-11-17(2)13-20(12-16)27(15-24(28)26-19-7-5-18(25)6-8-19)33(29,30)21-9-10-22(31-3)23(14-21)32-4/h5-14H,15H2,1-4H3,(H,26,28). The SMILES string of the molecule is COc1ccc(S(=O)(=O)N(CC(=O)Nc2ccc(Cl)cc2)c2cc(C)cc(C)c2)cc1OC. The molecule has 0 aromatic heterocycles. The van der Waals surface area contributed by atoms with Gasteiger partial charge in [-0.05, 0) is 73.5 Å². The number of nitrogens with one attached hydrogen (secondary N) is 1. The predicted molar refractivity (Wildman–Crippen MR) is 130 cm³/mol. The number of nitrogens with zero attached hydrogens (tertiary/aromatic N) is 1. The maximum absolute atomic E-state index is 13.7. The number of ether oxygens (including phenoxy) is 2. The number of methoxy groups -OCH3 is 2. The quantitative estimate of drug-likeness (QED) is 0.492. The van der Waals surface area contributed by atoms with E-state index in [1.807, 2.05) is 19.9 Å². The minimum absolute atomic E-state index is 0.0291. The summed E-state index contributed by atoms with van der Waals surface area (Å²) in [6, 6.07) is 16.2. The molecule has 9 heteroatoms. The van der Waals surface area contributed by atoms with Crippen LogP contribution in [-0.2, 0) is 14.8 Å². The molecule has 0 unspecified atom stereocenters. The van der Waals surface area contributed by atoms with Gasteiger partial charge >= 0.3 is 0 Å². The Hall–Kier alpha value is -3.23. The summed E-state index contributed by atoms with van der Waals surface area (Å²) in [6.45, 7) is 3.30. The highest BCUT2D eigenvalue weighted by molar-refractivity contribution is 7.92. The fourth-order valence-corrected chi connectivity index (χ4v) is 4.92. The van der Waals surface area contributed by atoms with Crippen LogP contribution in [0.2, 0.25) is 5.02 Å². The maximum atomic E-state index is 13.7. The molecule has 0 bridgehead atoms. The van der Waals surface area contributed by atoms with E-state index in [1.54, 1.807) is 36.4 Å². The number of hydrogen-bond donors (Lipinski definition) is 1. The lowest BCUT2D eigenvalue weighted by Gasteiger charge is -2.25. The molecule has 174 valence electrons. The lowest BCUT2D eigenvalue weighted by Crippen LogP contribution is -2.38. The van der Waals surface area contributed by atoms with Crippen molar-refractivity contribution in [3.63, 3.8) is 0 Å². The number of carbonyl (C=O) groups excluding carboxylic acids is 1. The molecule has 0 saturated carbocycles. The molecule has 0 aliphatic carbocycles. The van der Waals surface area contributed by atoms with Gasteiger partial charge < -0.3 is 14.8 Å². The van der Waals surface area contributed by atoms with E-state index < -0.39 is 22.5 Å². The number of aryl methyl sites for hydroxylation is 2. The van der Waals surface area contributed by atoms with E-state index in [0.29, 0.717) is 22.1 Å². The van der Waals surface area contributed by atoms with Gasteiger partial charge in [0.2, 0.25) is 5.91 Å². The molecule has 0 radical (unpaired) electrons. The molecule has 3 aromatic rings. The fraction of sp³-hybridized carbons (Fsp3) is 0.208. The van der Waals surface area contributed by atoms with Crippen molar-refractivity contribution in [1.82, 2.24) is 0 Å². The smallest absolute Gasteiger partial charge is 0.264 e. The minimum Gasteiger partial charge on any atom is -0.493 e. The van der Waals surface area contributed by atoms with Crippen LogP contribution in [-0.4, -0.2) is 35.1 Å². The van der Waals surface area contributed by atoms with Crippen molar-refractivity contribution in [3.8, 4) is 11.5 Å². The number of carbonyl (C=O) groups is 1. The van der Waals surface area contributed by atoms with Gasteiger partial charge in [0.25, 0.3) is 10.0 Å². The summed E-state index contributed by atoms with van der Waals surface area (Å²) in [5, 5.41) is 3.24. The lowest BCUT2D eigenvalue weighted by atomic mass is 10.1. The van der Waals surface area contributed by atoms with Gasteiger partial charge in [0.15, 0.2) is 11.5 Å². The third kappa shape index (κ3) is 5.77. The van der Waals surface area contributed by atoms with Crippen LogP contribution in [0, 0.1) is 13.8 Å². The Morgan fingerprint density at radius 2 is 1.52 bits per heavy atom. The van der Waals surface area contributed by atoms with Gasteiger partial charge in [0.05, 0.1) is 24.8 Å². The van der Waals surface area contributed by atoms with Gasteiger partial charge in [-0.1, -0.05) is 17.7 Å². The van der Waals surface area contributed by atoms with E-state index in [1.165, 1.54) is 32.4 Å². The van der Waals surface area contributed by atoms with E-state index in [2.05, 4.69) is 5.32 Å². The molecular formula is C24H25ClN2O5S. The summed E-state index contributed by atoms with van der Waals surface area (Å²) in [5.41, 5.74) is 2.63. The van der Waals surface area contributed by atoms with Crippen LogP contribution in [0.1, 0.15) is 11.1 Å². The Kier molecular flexibility index (Phi) is 7.50. The molecule has 7 nitrogen and oxygen atoms in total. The van der Waals surface area contributed by atoms with Gasteiger partial charge in [-0.2, -0.15) is 0 Å². The zero-order valence-corrected chi connectivity index (χ0v) is 20.3. The molecule has 0 saturated heterocycles. The van der Waals surface area contributed by atoms with Crippen molar-refractivity contribution in [3.05, 3.63) is 76.8 Å². The Morgan fingerprint density at radius 1 is 0.909 bits per heavy atom. The molecule has 3 aromatic carbocycles. The second-order valence-electron chi connectivity index (χ2n) is 7.43. The summed E-state index contributed by atoms with van der Waals surface area (Å²) < 4.78 is 38.9. The highest BCUT2D eigenvalue weighted by Gasteiger charge is 2.28. The number of benzene rings is 3. The number of halogens is 1. The van der Waals surface area contributed by atoms with Gasteiger partial charge in [-0.25, -0.2) is 8.42 Å². The molecule has 0 fully saturated rings. The average Bonchev–Trinajstić information content (AvgIpc) is 2.77. The third-order valence-electron chi connectivity index (χ3n) is 4.85. The summed E-state index contributed by atoms with van der Waals surface area (Å²) in [4.78, 5) is 12.8. The summed E-state index contributed by atoms with van der Waals surface area (Å²) in [6.07, 6.45) is 0. The molecular weight excluding hydrogens is 464 g/mol. The van der Waals surface area contributed by atoms with Crippen molar-refractivity contribution in [1.29, 1.82) is 0 Å². The molecule has 0 heterocycles. The second kappa shape index (κ2) is 10.1. The van der Waals surface area contributed by atoms with Crippen molar-refractivity contribution >= 4 is 38.9 Å². The fourth-order valence-electron chi connectivity index (χ4n) is 3.38. The number of amides is 1. The maximum Gasteiger partial charge on any atom is 0.264 e.